The molecule has 2 N–H and O–H groups in total. The zero-order valence-electron chi connectivity index (χ0n) is 13.2. The molecule has 0 aliphatic rings. The molecule has 0 aliphatic heterocycles. The zero-order valence-corrected chi connectivity index (χ0v) is 13.2. The van der Waals surface area contributed by atoms with Crippen LogP contribution < -0.4 is 15.6 Å². The van der Waals surface area contributed by atoms with Crippen LogP contribution in [0, 0.1) is 0 Å². The number of aromatic amines is 1. The lowest BCUT2D eigenvalue weighted by molar-refractivity contribution is 0.419. The summed E-state index contributed by atoms with van der Waals surface area (Å²) >= 11 is 0. The first-order chi connectivity index (χ1) is 11.2. The maximum Gasteiger partial charge on any atom is 0.260 e. The van der Waals surface area contributed by atoms with E-state index in [-0.39, 0.29) is 5.56 Å². The van der Waals surface area contributed by atoms with Crippen molar-refractivity contribution in [2.45, 2.75) is 19.9 Å². The van der Waals surface area contributed by atoms with Gasteiger partial charge in [-0.2, -0.15) is 5.10 Å². The molecule has 0 aliphatic carbocycles. The summed E-state index contributed by atoms with van der Waals surface area (Å²) in [5.41, 5.74) is 1.51. The molecular weight excluding hydrogens is 294 g/mol. The summed E-state index contributed by atoms with van der Waals surface area (Å²) in [4.78, 5) is 19.3. The van der Waals surface area contributed by atoms with Crippen LogP contribution in [0.3, 0.4) is 0 Å². The number of anilines is 1. The molecule has 7 nitrogen and oxygen atoms in total. The monoisotopic (exact) mass is 313 g/mol. The van der Waals surface area contributed by atoms with Crippen molar-refractivity contribution in [1.82, 2.24) is 19.7 Å². The van der Waals surface area contributed by atoms with Gasteiger partial charge in [-0.1, -0.05) is 6.07 Å². The largest absolute Gasteiger partial charge is 0.494 e. The van der Waals surface area contributed by atoms with Crippen LogP contribution in [0.1, 0.15) is 12.5 Å². The van der Waals surface area contributed by atoms with E-state index in [4.69, 9.17) is 4.74 Å². The molecular formula is C16H19N5O2. The second-order valence-corrected chi connectivity index (χ2v) is 5.15. The third-order valence-electron chi connectivity index (χ3n) is 3.64. The smallest absolute Gasteiger partial charge is 0.260 e. The van der Waals surface area contributed by atoms with Gasteiger partial charge in [-0.3, -0.25) is 14.5 Å². The third kappa shape index (κ3) is 3.18. The number of methoxy groups -OCH3 is 1. The highest BCUT2D eigenvalue weighted by Crippen LogP contribution is 2.21. The lowest BCUT2D eigenvalue weighted by atomic mass is 10.2. The van der Waals surface area contributed by atoms with E-state index in [2.05, 4.69) is 20.4 Å². The Balaban J connectivity index is 1.76. The fourth-order valence-corrected chi connectivity index (χ4v) is 2.42. The number of aromatic nitrogens is 4. The standard InChI is InChI=1S/C16H19N5O2/c1-3-21-10-11(9-18-21)7-8-17-16-19-14-12(15(22)20-16)5-4-6-13(14)23-2/h4-6,9-10H,3,7-8H2,1-2H3,(H2,17,19,20,22). The van der Waals surface area contributed by atoms with Crippen LogP contribution in [0.25, 0.3) is 10.9 Å². The number of ether oxygens (including phenoxy) is 1. The number of fused-ring (bicyclic) bond motifs is 1. The van der Waals surface area contributed by atoms with E-state index in [9.17, 15) is 4.79 Å². The summed E-state index contributed by atoms with van der Waals surface area (Å²) in [5.74, 6) is 1.02. The zero-order chi connectivity index (χ0) is 16.2. The number of benzene rings is 1. The highest BCUT2D eigenvalue weighted by Gasteiger charge is 2.08. The van der Waals surface area contributed by atoms with Crippen LogP contribution in [0.4, 0.5) is 5.95 Å². The third-order valence-corrected chi connectivity index (χ3v) is 3.64. The van der Waals surface area contributed by atoms with Gasteiger partial charge in [0.05, 0.1) is 18.7 Å². The maximum atomic E-state index is 12.1. The molecule has 1 aromatic carbocycles. The van der Waals surface area contributed by atoms with E-state index in [0.717, 1.165) is 18.5 Å². The maximum absolute atomic E-state index is 12.1. The number of nitrogens with zero attached hydrogens (tertiary/aromatic N) is 3. The predicted octanol–water partition coefficient (Wildman–Crippen LogP) is 1.80. The Morgan fingerprint density at radius 3 is 3.00 bits per heavy atom. The van der Waals surface area contributed by atoms with Gasteiger partial charge in [-0.25, -0.2) is 4.98 Å². The molecule has 3 aromatic rings. The molecule has 23 heavy (non-hydrogen) atoms. The Bertz CT molecular complexity index is 868. The molecule has 0 amide bonds. The quantitative estimate of drug-likeness (QED) is 0.725. The fourth-order valence-electron chi connectivity index (χ4n) is 2.42. The Kier molecular flexibility index (Phi) is 4.27. The van der Waals surface area contributed by atoms with Crippen LogP contribution in [-0.4, -0.2) is 33.4 Å². The normalized spacial score (nSPS) is 10.9. The second kappa shape index (κ2) is 6.51. The first-order valence-corrected chi connectivity index (χ1v) is 7.53. The molecule has 0 radical (unpaired) electrons. The Morgan fingerprint density at radius 1 is 1.39 bits per heavy atom. The number of H-pyrrole nitrogens is 1. The van der Waals surface area contributed by atoms with Crippen LogP contribution in [0.5, 0.6) is 5.75 Å². The molecule has 0 atom stereocenters. The summed E-state index contributed by atoms with van der Waals surface area (Å²) in [5, 5.41) is 7.90. The highest BCUT2D eigenvalue weighted by molar-refractivity contribution is 5.84. The number of aryl methyl sites for hydroxylation is 1. The summed E-state index contributed by atoms with van der Waals surface area (Å²) in [7, 11) is 1.57. The molecule has 120 valence electrons. The van der Waals surface area contributed by atoms with Crippen molar-refractivity contribution < 1.29 is 4.74 Å². The van der Waals surface area contributed by atoms with Gasteiger partial charge in [0.2, 0.25) is 5.95 Å². The van der Waals surface area contributed by atoms with Gasteiger partial charge in [0.25, 0.3) is 5.56 Å². The molecule has 3 rings (SSSR count). The van der Waals surface area contributed by atoms with Crippen molar-refractivity contribution in [3.63, 3.8) is 0 Å². The minimum Gasteiger partial charge on any atom is -0.494 e. The van der Waals surface area contributed by atoms with E-state index < -0.39 is 0 Å². The molecule has 0 saturated carbocycles. The minimum atomic E-state index is -0.185. The van der Waals surface area contributed by atoms with Crippen molar-refractivity contribution in [1.29, 1.82) is 0 Å². The topological polar surface area (TPSA) is 84.8 Å². The molecule has 0 unspecified atom stereocenters. The number of hydrogen-bond acceptors (Lipinski definition) is 5. The minimum absolute atomic E-state index is 0.185. The molecule has 0 bridgehead atoms. The van der Waals surface area contributed by atoms with Gasteiger partial charge in [0.1, 0.15) is 11.3 Å². The molecule has 0 saturated heterocycles. The van der Waals surface area contributed by atoms with E-state index in [1.54, 1.807) is 25.3 Å². The Labute approximate surface area is 133 Å². The highest BCUT2D eigenvalue weighted by atomic mass is 16.5. The molecule has 2 heterocycles. The first-order valence-electron chi connectivity index (χ1n) is 7.53. The SMILES string of the molecule is CCn1cc(CCNc2nc3c(OC)cccc3c(=O)[nH]2)cn1. The van der Waals surface area contributed by atoms with Gasteiger partial charge in [-0.15, -0.1) is 0 Å². The van der Waals surface area contributed by atoms with Crippen LogP contribution in [-0.2, 0) is 13.0 Å². The molecule has 2 aromatic heterocycles. The number of rotatable bonds is 6. The van der Waals surface area contributed by atoms with Crippen molar-refractivity contribution in [2.75, 3.05) is 19.0 Å². The molecule has 0 fully saturated rings. The van der Waals surface area contributed by atoms with Crippen molar-refractivity contribution in [2.24, 2.45) is 0 Å². The van der Waals surface area contributed by atoms with E-state index in [0.29, 0.717) is 29.1 Å². The van der Waals surface area contributed by atoms with Gasteiger partial charge >= 0.3 is 0 Å². The van der Waals surface area contributed by atoms with Gasteiger partial charge in [-0.05, 0) is 31.0 Å². The van der Waals surface area contributed by atoms with Gasteiger partial charge < -0.3 is 10.1 Å². The predicted molar refractivity (Wildman–Crippen MR) is 89.0 cm³/mol. The van der Waals surface area contributed by atoms with Crippen LogP contribution in [0.15, 0.2) is 35.4 Å². The summed E-state index contributed by atoms with van der Waals surface area (Å²) in [6.45, 7) is 3.55. The second-order valence-electron chi connectivity index (χ2n) is 5.15. The average molecular weight is 313 g/mol. The Morgan fingerprint density at radius 2 is 2.26 bits per heavy atom. The van der Waals surface area contributed by atoms with E-state index >= 15 is 0 Å². The number of nitrogens with one attached hydrogen (secondary N) is 2. The van der Waals surface area contributed by atoms with Crippen molar-refractivity contribution >= 4 is 16.9 Å². The van der Waals surface area contributed by atoms with Crippen molar-refractivity contribution in [3.8, 4) is 5.75 Å². The summed E-state index contributed by atoms with van der Waals surface area (Å²) in [6, 6.07) is 5.29. The van der Waals surface area contributed by atoms with Crippen LogP contribution >= 0.6 is 0 Å². The number of para-hydroxylation sites is 1. The van der Waals surface area contributed by atoms with E-state index in [1.807, 2.05) is 24.0 Å². The fraction of sp³-hybridized carbons (Fsp3) is 0.312. The van der Waals surface area contributed by atoms with E-state index in [1.165, 1.54) is 0 Å². The molecule has 7 heteroatoms. The number of hydrogen-bond donors (Lipinski definition) is 2. The van der Waals surface area contributed by atoms with Crippen LogP contribution in [0.2, 0.25) is 0 Å². The summed E-state index contributed by atoms with van der Waals surface area (Å²) < 4.78 is 7.16. The van der Waals surface area contributed by atoms with Gasteiger partial charge in [0.15, 0.2) is 0 Å². The first kappa shape index (κ1) is 15.1. The van der Waals surface area contributed by atoms with Gasteiger partial charge in [0, 0.05) is 19.3 Å². The lowest BCUT2D eigenvalue weighted by Gasteiger charge is -2.08. The lowest BCUT2D eigenvalue weighted by Crippen LogP contribution is -2.15. The van der Waals surface area contributed by atoms with Crippen molar-refractivity contribution in [3.05, 3.63) is 46.5 Å². The Hall–Kier alpha value is -2.83. The summed E-state index contributed by atoms with van der Waals surface area (Å²) in [6.07, 6.45) is 4.67. The molecule has 0 spiro atoms. The average Bonchev–Trinajstić information content (AvgIpc) is 3.02.